The summed E-state index contributed by atoms with van der Waals surface area (Å²) >= 11 is 3.21. The Kier molecular flexibility index (Phi) is 3.96. The second-order valence-corrected chi connectivity index (χ2v) is 4.94. The first-order chi connectivity index (χ1) is 8.16. The van der Waals surface area contributed by atoms with Gasteiger partial charge in [-0.05, 0) is 25.5 Å². The number of rotatable bonds is 3. The number of anilines is 1. The van der Waals surface area contributed by atoms with Crippen LogP contribution in [-0.4, -0.2) is 24.1 Å². The van der Waals surface area contributed by atoms with Gasteiger partial charge in [0.25, 0.3) is 5.69 Å². The Morgan fingerprint density at radius 1 is 1.65 bits per heavy atom. The van der Waals surface area contributed by atoms with Crippen LogP contribution in [-0.2, 0) is 0 Å². The number of nitro groups is 1. The maximum atomic E-state index is 10.9. The molecular formula is C11H13BrN3O2. The first-order valence-electron chi connectivity index (χ1n) is 5.49. The van der Waals surface area contributed by atoms with Crippen molar-refractivity contribution in [3.05, 3.63) is 32.8 Å². The normalized spacial score (nSPS) is 19.9. The van der Waals surface area contributed by atoms with Crippen molar-refractivity contribution in [2.75, 3.05) is 18.4 Å². The number of nitrogens with zero attached hydrogens (tertiary/aromatic N) is 1. The van der Waals surface area contributed by atoms with E-state index in [-0.39, 0.29) is 16.7 Å². The summed E-state index contributed by atoms with van der Waals surface area (Å²) in [5.74, 6) is 0. The van der Waals surface area contributed by atoms with E-state index in [1.807, 2.05) is 0 Å². The largest absolute Gasteiger partial charge is 0.375 e. The Hall–Kier alpha value is -1.14. The van der Waals surface area contributed by atoms with Crippen molar-refractivity contribution in [1.82, 2.24) is 5.32 Å². The molecule has 0 aromatic heterocycles. The highest BCUT2D eigenvalue weighted by Gasteiger charge is 2.19. The lowest BCUT2D eigenvalue weighted by Crippen LogP contribution is -2.38. The lowest BCUT2D eigenvalue weighted by Gasteiger charge is -2.24. The maximum Gasteiger partial charge on any atom is 0.294 e. The Bertz CT molecular complexity index is 419. The summed E-state index contributed by atoms with van der Waals surface area (Å²) in [5.41, 5.74) is 0.525. The fourth-order valence-corrected chi connectivity index (χ4v) is 2.23. The fourth-order valence-electron chi connectivity index (χ4n) is 1.90. The number of hydrogen-bond acceptors (Lipinski definition) is 4. The monoisotopic (exact) mass is 298 g/mol. The van der Waals surface area contributed by atoms with Gasteiger partial charge in [-0.2, -0.15) is 0 Å². The molecule has 1 fully saturated rings. The Labute approximate surface area is 108 Å². The van der Waals surface area contributed by atoms with Crippen LogP contribution in [0, 0.1) is 16.2 Å². The SMILES string of the molecule is O=[N+]([O-])c1cc(Br)c[c]c1N[C@@H]1CCCNC1. The number of benzene rings is 1. The average molecular weight is 299 g/mol. The molecule has 6 heteroatoms. The van der Waals surface area contributed by atoms with Crippen molar-refractivity contribution in [1.29, 1.82) is 0 Å². The van der Waals surface area contributed by atoms with Crippen molar-refractivity contribution < 1.29 is 4.92 Å². The molecule has 1 aromatic carbocycles. The summed E-state index contributed by atoms with van der Waals surface area (Å²) < 4.78 is 0.663. The van der Waals surface area contributed by atoms with Gasteiger partial charge in [0.1, 0.15) is 5.69 Å². The molecule has 0 spiro atoms. The van der Waals surface area contributed by atoms with Crippen LogP contribution < -0.4 is 10.6 Å². The van der Waals surface area contributed by atoms with Gasteiger partial charge in [0.05, 0.1) is 4.92 Å². The zero-order valence-corrected chi connectivity index (χ0v) is 10.8. The lowest BCUT2D eigenvalue weighted by molar-refractivity contribution is -0.384. The molecule has 1 heterocycles. The van der Waals surface area contributed by atoms with Crippen molar-refractivity contribution in [2.45, 2.75) is 18.9 Å². The summed E-state index contributed by atoms with van der Waals surface area (Å²) in [6, 6.07) is 6.32. The predicted molar refractivity (Wildman–Crippen MR) is 69.1 cm³/mol. The van der Waals surface area contributed by atoms with Crippen LogP contribution in [0.2, 0.25) is 0 Å². The maximum absolute atomic E-state index is 10.9. The second-order valence-electron chi connectivity index (χ2n) is 4.02. The van der Waals surface area contributed by atoms with Crippen LogP contribution in [0.1, 0.15) is 12.8 Å². The molecule has 1 atom stereocenters. The number of piperidine rings is 1. The van der Waals surface area contributed by atoms with Crippen LogP contribution in [0.15, 0.2) is 16.6 Å². The van der Waals surface area contributed by atoms with Crippen LogP contribution in [0.3, 0.4) is 0 Å². The second kappa shape index (κ2) is 5.46. The summed E-state index contributed by atoms with van der Waals surface area (Å²) in [6.45, 7) is 1.85. The van der Waals surface area contributed by atoms with E-state index in [2.05, 4.69) is 32.6 Å². The molecule has 91 valence electrons. The highest BCUT2D eigenvalue weighted by atomic mass is 79.9. The average Bonchev–Trinajstić information content (AvgIpc) is 2.32. The van der Waals surface area contributed by atoms with Crippen molar-refractivity contribution >= 4 is 27.3 Å². The molecule has 1 aromatic rings. The van der Waals surface area contributed by atoms with E-state index in [4.69, 9.17) is 0 Å². The third kappa shape index (κ3) is 3.17. The first kappa shape index (κ1) is 12.3. The summed E-state index contributed by atoms with van der Waals surface area (Å²) in [7, 11) is 0. The Balaban J connectivity index is 2.16. The summed E-state index contributed by atoms with van der Waals surface area (Å²) in [5, 5.41) is 17.4. The minimum atomic E-state index is -0.389. The Morgan fingerprint density at radius 3 is 3.12 bits per heavy atom. The molecule has 2 N–H and O–H groups in total. The van der Waals surface area contributed by atoms with Gasteiger partial charge >= 0.3 is 0 Å². The fraction of sp³-hybridized carbons (Fsp3) is 0.455. The number of hydrogen-bond donors (Lipinski definition) is 2. The smallest absolute Gasteiger partial charge is 0.294 e. The van der Waals surface area contributed by atoms with Gasteiger partial charge in [0, 0.05) is 29.2 Å². The molecule has 17 heavy (non-hydrogen) atoms. The third-order valence-electron chi connectivity index (χ3n) is 2.73. The van der Waals surface area contributed by atoms with Gasteiger partial charge in [-0.15, -0.1) is 0 Å². The van der Waals surface area contributed by atoms with Crippen LogP contribution in [0.25, 0.3) is 0 Å². The molecule has 0 amide bonds. The van der Waals surface area contributed by atoms with E-state index in [1.165, 1.54) is 6.07 Å². The standard InChI is InChI=1S/C11H13BrN3O2/c12-8-3-4-10(11(6-8)15(16)17)14-9-2-1-5-13-7-9/h3,6,9,13-14H,1-2,5,7H2/t9-/m1/s1. The van der Waals surface area contributed by atoms with E-state index in [0.717, 1.165) is 25.9 Å². The molecule has 1 aliphatic rings. The number of halogens is 1. The van der Waals surface area contributed by atoms with Crippen molar-refractivity contribution in [3.8, 4) is 0 Å². The highest BCUT2D eigenvalue weighted by Crippen LogP contribution is 2.28. The molecule has 1 saturated heterocycles. The van der Waals surface area contributed by atoms with E-state index >= 15 is 0 Å². The van der Waals surface area contributed by atoms with Gasteiger partial charge in [0.2, 0.25) is 0 Å². The zero-order chi connectivity index (χ0) is 12.3. The minimum Gasteiger partial charge on any atom is -0.375 e. The van der Waals surface area contributed by atoms with Gasteiger partial charge in [-0.1, -0.05) is 15.9 Å². The van der Waals surface area contributed by atoms with Gasteiger partial charge < -0.3 is 10.6 Å². The van der Waals surface area contributed by atoms with Crippen molar-refractivity contribution in [2.24, 2.45) is 0 Å². The molecule has 0 bridgehead atoms. The van der Waals surface area contributed by atoms with E-state index < -0.39 is 0 Å². The Morgan fingerprint density at radius 2 is 2.47 bits per heavy atom. The lowest BCUT2D eigenvalue weighted by atomic mass is 10.1. The molecule has 0 unspecified atom stereocenters. The molecule has 0 saturated carbocycles. The van der Waals surface area contributed by atoms with Crippen molar-refractivity contribution in [3.63, 3.8) is 0 Å². The molecule has 0 aliphatic carbocycles. The van der Waals surface area contributed by atoms with Gasteiger partial charge in [-0.25, -0.2) is 0 Å². The van der Waals surface area contributed by atoms with Crippen LogP contribution in [0.5, 0.6) is 0 Å². The molecule has 1 aliphatic heterocycles. The minimum absolute atomic E-state index is 0.0601. The highest BCUT2D eigenvalue weighted by molar-refractivity contribution is 9.10. The quantitative estimate of drug-likeness (QED) is 0.664. The third-order valence-corrected chi connectivity index (χ3v) is 3.19. The summed E-state index contributed by atoms with van der Waals surface area (Å²) in [6.07, 6.45) is 2.11. The number of nitro benzene ring substituents is 1. The topological polar surface area (TPSA) is 67.2 Å². The molecule has 5 nitrogen and oxygen atoms in total. The van der Waals surface area contributed by atoms with Gasteiger partial charge in [-0.3, -0.25) is 10.1 Å². The summed E-state index contributed by atoms with van der Waals surface area (Å²) in [4.78, 5) is 10.5. The van der Waals surface area contributed by atoms with E-state index in [0.29, 0.717) is 10.2 Å². The van der Waals surface area contributed by atoms with Crippen LogP contribution >= 0.6 is 15.9 Å². The van der Waals surface area contributed by atoms with E-state index in [1.54, 1.807) is 6.07 Å². The molecular weight excluding hydrogens is 286 g/mol. The molecule has 1 radical (unpaired) electrons. The number of nitrogens with one attached hydrogen (secondary N) is 2. The van der Waals surface area contributed by atoms with Gasteiger partial charge in [0.15, 0.2) is 0 Å². The van der Waals surface area contributed by atoms with Crippen LogP contribution in [0.4, 0.5) is 11.4 Å². The van der Waals surface area contributed by atoms with E-state index in [9.17, 15) is 10.1 Å². The predicted octanol–water partition coefficient (Wildman–Crippen LogP) is 2.32. The molecule has 2 rings (SSSR count). The zero-order valence-electron chi connectivity index (χ0n) is 9.20. The first-order valence-corrected chi connectivity index (χ1v) is 6.29.